The van der Waals surface area contributed by atoms with Crippen LogP contribution in [0.1, 0.15) is 26.3 Å². The topological polar surface area (TPSA) is 118 Å². The molecule has 1 aliphatic heterocycles. The molecule has 0 saturated carbocycles. The predicted octanol–water partition coefficient (Wildman–Crippen LogP) is 8.09. The number of nitrogens with one attached hydrogen (secondary N) is 1. The molecule has 3 aromatic rings. The second kappa shape index (κ2) is 14.5. The smallest absolute Gasteiger partial charge is 0.418 e. The number of piperidine rings is 1. The van der Waals surface area contributed by atoms with E-state index in [1.807, 2.05) is 6.92 Å². The van der Waals surface area contributed by atoms with Crippen LogP contribution in [0.15, 0.2) is 65.4 Å². The first-order chi connectivity index (χ1) is 22.7. The number of ether oxygens (including phenoxy) is 4. The van der Waals surface area contributed by atoms with E-state index in [0.717, 1.165) is 12.7 Å². The number of allylic oxidation sites excluding steroid dienone is 2. The molecule has 48 heavy (non-hydrogen) atoms. The van der Waals surface area contributed by atoms with Gasteiger partial charge in [0.25, 0.3) is 0 Å². The van der Waals surface area contributed by atoms with Crippen LogP contribution in [0.25, 0.3) is 10.9 Å². The number of likely N-dealkylation sites (tertiary alicyclic amines) is 1. The summed E-state index contributed by atoms with van der Waals surface area (Å²) in [4.78, 5) is 22.8. The Hall–Kier alpha value is -4.80. The molecule has 1 fully saturated rings. The van der Waals surface area contributed by atoms with Crippen molar-refractivity contribution < 1.29 is 36.9 Å². The number of halogens is 4. The molecule has 0 radical (unpaired) electrons. The van der Waals surface area contributed by atoms with Crippen LogP contribution in [0.5, 0.6) is 17.2 Å². The van der Waals surface area contributed by atoms with Gasteiger partial charge in [-0.15, -0.1) is 0 Å². The molecule has 0 aliphatic carbocycles. The van der Waals surface area contributed by atoms with Gasteiger partial charge in [0, 0.05) is 55.8 Å². The van der Waals surface area contributed by atoms with Crippen molar-refractivity contribution in [2.75, 3.05) is 39.2 Å². The number of amides is 1. The quantitative estimate of drug-likeness (QED) is 0.168. The van der Waals surface area contributed by atoms with Crippen LogP contribution in [-0.2, 0) is 4.74 Å². The molecular weight excluding hydrogens is 651 g/mol. The number of aromatic nitrogens is 1. The second-order valence-corrected chi connectivity index (χ2v) is 11.7. The van der Waals surface area contributed by atoms with E-state index in [2.05, 4.69) is 34.7 Å². The van der Waals surface area contributed by atoms with E-state index in [4.69, 9.17) is 30.5 Å². The first-order valence-corrected chi connectivity index (χ1v) is 15.1. The Morgan fingerprint density at radius 1 is 1.23 bits per heavy atom. The summed E-state index contributed by atoms with van der Waals surface area (Å²) in [6.07, 6.45) is -2.48. The summed E-state index contributed by atoms with van der Waals surface area (Å²) in [5.41, 5.74) is 0.395. The second-order valence-electron chi connectivity index (χ2n) is 11.3. The van der Waals surface area contributed by atoms with Crippen molar-refractivity contribution in [3.63, 3.8) is 0 Å². The van der Waals surface area contributed by atoms with Crippen LogP contribution in [0.4, 0.5) is 29.3 Å². The number of alkyl halides is 3. The number of methoxy groups -OCH3 is 2. The number of rotatable bonds is 10. The molecule has 4 rings (SSSR count). The van der Waals surface area contributed by atoms with Crippen molar-refractivity contribution in [2.45, 2.75) is 32.5 Å². The van der Waals surface area contributed by atoms with Crippen molar-refractivity contribution >= 4 is 46.7 Å². The Kier molecular flexibility index (Phi) is 10.9. The van der Waals surface area contributed by atoms with Crippen LogP contribution in [0.2, 0.25) is 5.02 Å². The molecule has 1 aromatic heterocycles. The zero-order valence-electron chi connectivity index (χ0n) is 27.1. The van der Waals surface area contributed by atoms with Crippen LogP contribution in [-0.4, -0.2) is 68.4 Å². The highest BCUT2D eigenvalue weighted by atomic mass is 35.5. The molecular formula is C34H35ClF3N5O5. The molecule has 2 aromatic carbocycles. The number of anilines is 2. The normalized spacial score (nSPS) is 20.0. The third-order valence-corrected chi connectivity index (χ3v) is 8.80. The van der Waals surface area contributed by atoms with E-state index in [0.29, 0.717) is 38.7 Å². The largest absolute Gasteiger partial charge is 0.493 e. The molecule has 0 bridgehead atoms. The number of aliphatic imine (C=N–C) groups is 1. The maximum atomic E-state index is 14.1. The lowest BCUT2D eigenvalue weighted by molar-refractivity contribution is -0.315. The summed E-state index contributed by atoms with van der Waals surface area (Å²) in [5, 5.41) is 13.8. The number of hydrogen-bond acceptors (Lipinski definition) is 9. The third kappa shape index (κ3) is 6.90. The zero-order chi connectivity index (χ0) is 35.4. The van der Waals surface area contributed by atoms with Gasteiger partial charge in [-0.25, -0.2) is 4.79 Å². The van der Waals surface area contributed by atoms with Gasteiger partial charge < -0.3 is 29.2 Å². The Labute approximate surface area is 281 Å². The molecule has 1 amide bonds. The summed E-state index contributed by atoms with van der Waals surface area (Å²) in [6, 6.07) is 10.1. The van der Waals surface area contributed by atoms with Crippen molar-refractivity contribution in [1.82, 2.24) is 9.88 Å². The van der Waals surface area contributed by atoms with E-state index < -0.39 is 29.7 Å². The lowest BCUT2D eigenvalue weighted by Crippen LogP contribution is -2.65. The first-order valence-electron chi connectivity index (χ1n) is 14.7. The van der Waals surface area contributed by atoms with Crippen molar-refractivity contribution in [2.24, 2.45) is 16.8 Å². The van der Waals surface area contributed by atoms with Crippen molar-refractivity contribution in [1.29, 1.82) is 5.26 Å². The highest BCUT2D eigenvalue weighted by Gasteiger charge is 2.64. The number of nitriles is 1. The fourth-order valence-electron chi connectivity index (χ4n) is 5.91. The van der Waals surface area contributed by atoms with Gasteiger partial charge in [0.2, 0.25) is 0 Å². The van der Waals surface area contributed by atoms with Gasteiger partial charge in [-0.3, -0.25) is 9.98 Å². The molecule has 1 aliphatic rings. The van der Waals surface area contributed by atoms with Gasteiger partial charge >= 0.3 is 12.3 Å². The SMILES string of the molecule is C=C/C(C)=C(/COc1ccc(Nc2c(C#N)cnc3cc(OC(=O)N4CC(C)C(OC)(C(F)(F)F)C(C)C4)c(OC)cc23)c(Cl)c1)N=C. The molecule has 10 nitrogen and oxygen atoms in total. The highest BCUT2D eigenvalue weighted by molar-refractivity contribution is 6.33. The number of benzene rings is 2. The standard InChI is InChI=1S/C34H35ClF3N5O5/c1-8-19(2)28(40-5)18-47-23-9-10-26(25(35)11-23)42-31-22(14-39)15-41-27-13-30(29(45-6)12-24(27)31)48-32(44)43-16-20(3)33(46-7,21(4)17-43)34(36,37)38/h8-13,15,20-21H,1,5,16-18H2,2-4,6-7H3,(H,41,42)/b28-19-. The summed E-state index contributed by atoms with van der Waals surface area (Å²) in [7, 11) is 2.39. The molecule has 0 spiro atoms. The molecule has 2 unspecified atom stereocenters. The molecule has 2 heterocycles. The van der Waals surface area contributed by atoms with Crippen LogP contribution >= 0.6 is 11.6 Å². The molecule has 14 heteroatoms. The number of carbonyl (C=O) groups is 1. The van der Waals surface area contributed by atoms with E-state index in [9.17, 15) is 23.2 Å². The molecule has 2 atom stereocenters. The lowest BCUT2D eigenvalue weighted by Gasteiger charge is -2.49. The Bertz CT molecular complexity index is 1790. The minimum atomic E-state index is -4.63. The minimum Gasteiger partial charge on any atom is -0.493 e. The molecule has 1 N–H and O–H groups in total. The number of pyridine rings is 1. The van der Waals surface area contributed by atoms with Gasteiger partial charge in [-0.2, -0.15) is 18.4 Å². The third-order valence-electron chi connectivity index (χ3n) is 8.49. The summed E-state index contributed by atoms with van der Waals surface area (Å²) in [6.45, 7) is 11.6. The maximum Gasteiger partial charge on any atom is 0.418 e. The molecule has 254 valence electrons. The van der Waals surface area contributed by atoms with Gasteiger partial charge in [0.1, 0.15) is 18.4 Å². The average Bonchev–Trinajstić information content (AvgIpc) is 3.05. The summed E-state index contributed by atoms with van der Waals surface area (Å²) >= 11 is 6.59. The first kappa shape index (κ1) is 36.0. The number of carbonyl (C=O) groups excluding carboxylic acids is 1. The lowest BCUT2D eigenvalue weighted by atomic mass is 9.74. The van der Waals surface area contributed by atoms with Gasteiger partial charge in [0.15, 0.2) is 17.1 Å². The van der Waals surface area contributed by atoms with E-state index >= 15 is 0 Å². The fraction of sp³-hybridized carbons (Fsp3) is 0.353. The van der Waals surface area contributed by atoms with Gasteiger partial charge in [-0.1, -0.05) is 38.1 Å². The average molecular weight is 686 g/mol. The zero-order valence-corrected chi connectivity index (χ0v) is 27.8. The van der Waals surface area contributed by atoms with Crippen molar-refractivity contribution in [3.05, 3.63) is 71.0 Å². The van der Waals surface area contributed by atoms with Gasteiger partial charge in [0.05, 0.1) is 40.3 Å². The Morgan fingerprint density at radius 3 is 2.46 bits per heavy atom. The molecule has 1 saturated heterocycles. The maximum absolute atomic E-state index is 14.1. The van der Waals surface area contributed by atoms with E-state index in [1.165, 1.54) is 38.1 Å². The van der Waals surface area contributed by atoms with Crippen LogP contribution in [0, 0.1) is 23.2 Å². The van der Waals surface area contributed by atoms with E-state index in [1.54, 1.807) is 30.3 Å². The highest BCUT2D eigenvalue weighted by Crippen LogP contribution is 2.48. The van der Waals surface area contributed by atoms with E-state index in [-0.39, 0.29) is 36.8 Å². The van der Waals surface area contributed by atoms with Crippen molar-refractivity contribution in [3.8, 4) is 23.3 Å². The summed E-state index contributed by atoms with van der Waals surface area (Å²) in [5.74, 6) is -1.54. The fourth-order valence-corrected chi connectivity index (χ4v) is 6.13. The monoisotopic (exact) mass is 685 g/mol. The summed E-state index contributed by atoms with van der Waals surface area (Å²) < 4.78 is 64.2. The Balaban J connectivity index is 1.61. The van der Waals surface area contributed by atoms with Crippen LogP contribution < -0.4 is 19.5 Å². The number of hydrogen-bond donors (Lipinski definition) is 1. The van der Waals surface area contributed by atoms with Crippen LogP contribution in [0.3, 0.4) is 0 Å². The van der Waals surface area contributed by atoms with Gasteiger partial charge in [-0.05, 0) is 37.4 Å². The number of nitrogens with zero attached hydrogens (tertiary/aromatic N) is 4. The predicted molar refractivity (Wildman–Crippen MR) is 177 cm³/mol. The minimum absolute atomic E-state index is 0.00785. The number of fused-ring (bicyclic) bond motifs is 1. The Morgan fingerprint density at radius 2 is 1.92 bits per heavy atom.